The Bertz CT molecular complexity index is 1240. The first-order valence-electron chi connectivity index (χ1n) is 9.11. The predicted octanol–water partition coefficient (Wildman–Crippen LogP) is 0.813. The van der Waals surface area contributed by atoms with Gasteiger partial charge in [0.05, 0.1) is 31.2 Å². The van der Waals surface area contributed by atoms with E-state index in [2.05, 4.69) is 20.1 Å². The smallest absolute Gasteiger partial charge is 0.338 e. The molecule has 3 N–H and O–H groups in total. The normalized spacial score (nSPS) is 11.1. The minimum atomic E-state index is -1.13. The van der Waals surface area contributed by atoms with Crippen molar-refractivity contribution in [1.82, 2.24) is 29.3 Å². The number of imidazole rings is 1. The van der Waals surface area contributed by atoms with Crippen LogP contribution in [0, 0.1) is 0 Å². The summed E-state index contributed by atoms with van der Waals surface area (Å²) in [6, 6.07) is 7.44. The van der Waals surface area contributed by atoms with Gasteiger partial charge in [0.2, 0.25) is 5.95 Å². The molecule has 0 aliphatic carbocycles. The summed E-state index contributed by atoms with van der Waals surface area (Å²) in [6.07, 6.45) is 4.53. The first kappa shape index (κ1) is 19.3. The Balaban J connectivity index is 1.61. The molecule has 0 atom stereocenters. The number of carboxylic acid groups (broad SMARTS) is 1. The predicted molar refractivity (Wildman–Crippen MR) is 105 cm³/mol. The number of carboxylic acids is 1. The number of hydrogen-bond acceptors (Lipinski definition) is 7. The highest BCUT2D eigenvalue weighted by atomic mass is 16.5. The lowest BCUT2D eigenvalue weighted by Crippen LogP contribution is -2.15. The molecule has 30 heavy (non-hydrogen) atoms. The van der Waals surface area contributed by atoms with Gasteiger partial charge in [-0.05, 0) is 17.7 Å². The molecule has 0 fully saturated rings. The fourth-order valence-electron chi connectivity index (χ4n) is 2.86. The molecular formula is C19H18N6O5. The minimum Gasteiger partial charge on any atom is -0.494 e. The third-order valence-electron chi connectivity index (χ3n) is 4.36. The van der Waals surface area contributed by atoms with E-state index in [1.807, 2.05) is 24.3 Å². The van der Waals surface area contributed by atoms with E-state index in [0.29, 0.717) is 31.0 Å². The van der Waals surface area contributed by atoms with Crippen LogP contribution < -0.4 is 10.3 Å². The van der Waals surface area contributed by atoms with Gasteiger partial charge in [-0.15, -0.1) is 0 Å². The fraction of sp³-hybridized carbons (Fsp3) is 0.211. The third-order valence-corrected chi connectivity index (χ3v) is 4.36. The number of nitrogens with zero attached hydrogens (tertiary/aromatic N) is 5. The molecule has 0 aliphatic rings. The summed E-state index contributed by atoms with van der Waals surface area (Å²) in [4.78, 5) is 34.5. The summed E-state index contributed by atoms with van der Waals surface area (Å²) in [6.45, 7) is 0.938. The van der Waals surface area contributed by atoms with Gasteiger partial charge in [0.25, 0.3) is 5.56 Å². The maximum absolute atomic E-state index is 12.4. The number of benzene rings is 1. The fourth-order valence-corrected chi connectivity index (χ4v) is 2.86. The SMILES string of the molecule is O=C(O)c1cnn(-c2nc3c(ncn3Cc3ccc(OCCCO)cc3)c(=O)[nH]2)c1. The molecule has 0 bridgehead atoms. The van der Waals surface area contributed by atoms with Crippen molar-refractivity contribution in [2.75, 3.05) is 13.2 Å². The molecular weight excluding hydrogens is 392 g/mol. The van der Waals surface area contributed by atoms with E-state index in [9.17, 15) is 9.59 Å². The van der Waals surface area contributed by atoms with E-state index >= 15 is 0 Å². The van der Waals surface area contributed by atoms with Gasteiger partial charge in [0.1, 0.15) is 5.75 Å². The second-order valence-corrected chi connectivity index (χ2v) is 6.48. The highest BCUT2D eigenvalue weighted by Gasteiger charge is 2.14. The number of H-pyrrole nitrogens is 1. The number of aromatic carboxylic acids is 1. The van der Waals surface area contributed by atoms with E-state index in [0.717, 1.165) is 5.56 Å². The Hall–Kier alpha value is -3.99. The Morgan fingerprint density at radius 3 is 2.73 bits per heavy atom. The zero-order valence-electron chi connectivity index (χ0n) is 15.7. The number of carbonyl (C=O) groups is 1. The van der Waals surface area contributed by atoms with Gasteiger partial charge in [0.15, 0.2) is 11.2 Å². The summed E-state index contributed by atoms with van der Waals surface area (Å²) in [5.41, 5.74) is 0.999. The standard InChI is InChI=1S/C19H18N6O5/c26-6-1-7-30-14-4-2-12(3-5-14)9-24-11-20-15-16(24)22-19(23-17(15)27)25-10-13(8-21-25)18(28)29/h2-5,8,10-11,26H,1,6-7,9H2,(H,28,29)(H,22,23,27). The number of aromatic amines is 1. The maximum atomic E-state index is 12.4. The number of aliphatic hydroxyl groups is 1. The molecule has 0 aliphatic heterocycles. The second kappa shape index (κ2) is 8.17. The van der Waals surface area contributed by atoms with Crippen molar-refractivity contribution in [3.63, 3.8) is 0 Å². The second-order valence-electron chi connectivity index (χ2n) is 6.48. The van der Waals surface area contributed by atoms with Crippen molar-refractivity contribution in [1.29, 1.82) is 0 Å². The molecule has 4 aromatic rings. The van der Waals surface area contributed by atoms with E-state index < -0.39 is 11.5 Å². The molecule has 3 aromatic heterocycles. The molecule has 0 amide bonds. The number of rotatable bonds is 8. The maximum Gasteiger partial charge on any atom is 0.338 e. The minimum absolute atomic E-state index is 0.0208. The topological polar surface area (TPSA) is 148 Å². The highest BCUT2D eigenvalue weighted by Crippen LogP contribution is 2.15. The van der Waals surface area contributed by atoms with Gasteiger partial charge in [-0.3, -0.25) is 9.78 Å². The summed E-state index contributed by atoms with van der Waals surface area (Å²) in [5.74, 6) is -0.333. The zero-order valence-corrected chi connectivity index (χ0v) is 15.7. The van der Waals surface area contributed by atoms with E-state index in [-0.39, 0.29) is 23.6 Å². The average molecular weight is 410 g/mol. The van der Waals surface area contributed by atoms with Crippen molar-refractivity contribution in [2.45, 2.75) is 13.0 Å². The van der Waals surface area contributed by atoms with Crippen molar-refractivity contribution >= 4 is 17.1 Å². The molecule has 1 aromatic carbocycles. The van der Waals surface area contributed by atoms with Crippen LogP contribution in [0.15, 0.2) is 47.8 Å². The third kappa shape index (κ3) is 3.91. The average Bonchev–Trinajstić information content (AvgIpc) is 3.38. The van der Waals surface area contributed by atoms with Crippen LogP contribution in [-0.2, 0) is 6.54 Å². The molecule has 0 radical (unpaired) electrons. The first-order valence-corrected chi connectivity index (χ1v) is 9.11. The van der Waals surface area contributed by atoms with Crippen LogP contribution in [0.4, 0.5) is 0 Å². The van der Waals surface area contributed by atoms with E-state index in [1.165, 1.54) is 23.4 Å². The zero-order chi connectivity index (χ0) is 21.1. The van der Waals surface area contributed by atoms with Gasteiger partial charge in [-0.25, -0.2) is 14.5 Å². The van der Waals surface area contributed by atoms with Gasteiger partial charge in [0, 0.05) is 19.2 Å². The van der Waals surface area contributed by atoms with Crippen molar-refractivity contribution in [3.05, 3.63) is 64.5 Å². The Morgan fingerprint density at radius 2 is 2.03 bits per heavy atom. The molecule has 0 saturated heterocycles. The first-order chi connectivity index (χ1) is 14.5. The van der Waals surface area contributed by atoms with Gasteiger partial charge >= 0.3 is 5.97 Å². The molecule has 0 saturated carbocycles. The number of hydrogen-bond donors (Lipinski definition) is 3. The Labute approximate surface area is 169 Å². The largest absolute Gasteiger partial charge is 0.494 e. The number of aliphatic hydroxyl groups excluding tert-OH is 1. The van der Waals surface area contributed by atoms with Crippen LogP contribution >= 0.6 is 0 Å². The van der Waals surface area contributed by atoms with E-state index in [1.54, 1.807) is 4.57 Å². The molecule has 0 spiro atoms. The highest BCUT2D eigenvalue weighted by molar-refractivity contribution is 5.86. The monoisotopic (exact) mass is 410 g/mol. The number of ether oxygens (including phenoxy) is 1. The van der Waals surface area contributed by atoms with Crippen LogP contribution in [0.2, 0.25) is 0 Å². The van der Waals surface area contributed by atoms with Gasteiger partial charge < -0.3 is 19.5 Å². The molecule has 154 valence electrons. The Morgan fingerprint density at radius 1 is 1.23 bits per heavy atom. The van der Waals surface area contributed by atoms with Crippen molar-refractivity contribution in [3.8, 4) is 11.7 Å². The summed E-state index contributed by atoms with van der Waals surface area (Å²) in [5, 5.41) is 21.8. The lowest BCUT2D eigenvalue weighted by molar-refractivity contribution is 0.0697. The molecule has 4 rings (SSSR count). The molecule has 11 heteroatoms. The van der Waals surface area contributed by atoms with E-state index in [4.69, 9.17) is 14.9 Å². The summed E-state index contributed by atoms with van der Waals surface area (Å²) >= 11 is 0. The number of nitrogens with one attached hydrogen (secondary N) is 1. The van der Waals surface area contributed by atoms with Crippen molar-refractivity contribution < 1.29 is 19.7 Å². The summed E-state index contributed by atoms with van der Waals surface area (Å²) in [7, 11) is 0. The summed E-state index contributed by atoms with van der Waals surface area (Å²) < 4.78 is 8.43. The van der Waals surface area contributed by atoms with Crippen LogP contribution in [-0.4, -0.2) is 58.7 Å². The quantitative estimate of drug-likeness (QED) is 0.362. The Kier molecular flexibility index (Phi) is 5.26. The van der Waals surface area contributed by atoms with Crippen LogP contribution in [0.5, 0.6) is 5.75 Å². The van der Waals surface area contributed by atoms with Crippen LogP contribution in [0.25, 0.3) is 17.1 Å². The van der Waals surface area contributed by atoms with Crippen LogP contribution in [0.1, 0.15) is 22.3 Å². The van der Waals surface area contributed by atoms with Crippen molar-refractivity contribution in [2.24, 2.45) is 0 Å². The molecule has 3 heterocycles. The van der Waals surface area contributed by atoms with Gasteiger partial charge in [-0.2, -0.15) is 10.1 Å². The molecule has 11 nitrogen and oxygen atoms in total. The lowest BCUT2D eigenvalue weighted by Gasteiger charge is -2.08. The number of aromatic nitrogens is 6. The lowest BCUT2D eigenvalue weighted by atomic mass is 10.2. The molecule has 0 unspecified atom stereocenters. The van der Waals surface area contributed by atoms with Gasteiger partial charge in [-0.1, -0.05) is 12.1 Å². The van der Waals surface area contributed by atoms with Crippen LogP contribution in [0.3, 0.4) is 0 Å². The number of fused-ring (bicyclic) bond motifs is 1.